The van der Waals surface area contributed by atoms with Crippen molar-refractivity contribution >= 4 is 22.7 Å². The molecule has 1 aromatic carbocycles. The number of benzene rings is 1. The quantitative estimate of drug-likeness (QED) is 0.839. The fraction of sp³-hybridized carbons (Fsp3) is 0.474. The number of halogens is 1. The van der Waals surface area contributed by atoms with Crippen molar-refractivity contribution in [3.63, 3.8) is 0 Å². The van der Waals surface area contributed by atoms with Crippen molar-refractivity contribution in [1.82, 2.24) is 4.90 Å². The number of fused-ring (bicyclic) bond motifs is 1. The fourth-order valence-corrected chi connectivity index (χ4v) is 3.99. The van der Waals surface area contributed by atoms with E-state index in [-0.39, 0.29) is 35.2 Å². The molecule has 2 heterocycles. The van der Waals surface area contributed by atoms with Gasteiger partial charge in [-0.25, -0.2) is 4.39 Å². The van der Waals surface area contributed by atoms with Crippen LogP contribution in [0.1, 0.15) is 35.4 Å². The summed E-state index contributed by atoms with van der Waals surface area (Å²) in [5.41, 5.74) is 1.12. The molecular weight excluding hydrogens is 325 g/mol. The van der Waals surface area contributed by atoms with E-state index >= 15 is 0 Å². The Balaban J connectivity index is 1.69. The second kappa shape index (κ2) is 6.26. The summed E-state index contributed by atoms with van der Waals surface area (Å²) in [5.74, 6) is -0.348. The molecule has 4 rings (SSSR count). The third-order valence-electron chi connectivity index (χ3n) is 5.34. The van der Waals surface area contributed by atoms with Gasteiger partial charge in [0.05, 0.1) is 19.3 Å². The largest absolute Gasteiger partial charge is 0.451 e. The molecule has 0 bridgehead atoms. The van der Waals surface area contributed by atoms with Crippen LogP contribution in [0.15, 0.2) is 22.6 Å². The maximum atomic E-state index is 13.5. The molecule has 0 N–H and O–H groups in total. The molecule has 1 aliphatic carbocycles. The van der Waals surface area contributed by atoms with E-state index in [1.807, 2.05) is 0 Å². The first-order chi connectivity index (χ1) is 12.1. The van der Waals surface area contributed by atoms with Gasteiger partial charge in [0.1, 0.15) is 17.2 Å². The zero-order valence-corrected chi connectivity index (χ0v) is 14.1. The highest BCUT2D eigenvalue weighted by molar-refractivity contribution is 5.99. The Morgan fingerprint density at radius 1 is 1.36 bits per heavy atom. The van der Waals surface area contributed by atoms with Crippen LogP contribution in [-0.4, -0.2) is 42.4 Å². The predicted molar refractivity (Wildman–Crippen MR) is 88.9 cm³/mol. The molecule has 2 aliphatic rings. The number of aryl methyl sites for hydroxylation is 1. The SMILES string of the molecule is Cc1c(C(=O)N2CCOCC2C2CCCC2=O)oc2ccc(F)cc12. The van der Waals surface area contributed by atoms with Crippen LogP contribution in [0.4, 0.5) is 4.39 Å². The molecule has 2 fully saturated rings. The molecule has 0 radical (unpaired) electrons. The van der Waals surface area contributed by atoms with Crippen LogP contribution in [-0.2, 0) is 9.53 Å². The normalized spacial score (nSPS) is 24.2. The van der Waals surface area contributed by atoms with Gasteiger partial charge in [0.15, 0.2) is 5.76 Å². The predicted octanol–water partition coefficient (Wildman–Crippen LogP) is 3.09. The Morgan fingerprint density at radius 3 is 2.96 bits per heavy atom. The van der Waals surface area contributed by atoms with Crippen molar-refractivity contribution in [3.8, 4) is 0 Å². The fourth-order valence-electron chi connectivity index (χ4n) is 3.99. The monoisotopic (exact) mass is 345 g/mol. The number of ketones is 1. The maximum Gasteiger partial charge on any atom is 0.290 e. The maximum absolute atomic E-state index is 13.5. The van der Waals surface area contributed by atoms with Crippen molar-refractivity contribution in [3.05, 3.63) is 35.3 Å². The molecule has 2 atom stereocenters. The van der Waals surface area contributed by atoms with Crippen molar-refractivity contribution in [2.45, 2.75) is 32.2 Å². The van der Waals surface area contributed by atoms with Crippen LogP contribution in [0.5, 0.6) is 0 Å². The Kier molecular flexibility index (Phi) is 4.07. The number of Topliss-reactive ketones (excluding diaryl/α,β-unsaturated/α-hetero) is 1. The summed E-state index contributed by atoms with van der Waals surface area (Å²) < 4.78 is 24.8. The summed E-state index contributed by atoms with van der Waals surface area (Å²) in [6, 6.07) is 3.98. The number of morpholine rings is 1. The number of furan rings is 1. The van der Waals surface area contributed by atoms with E-state index < -0.39 is 0 Å². The molecule has 132 valence electrons. The molecule has 0 spiro atoms. The van der Waals surface area contributed by atoms with Gasteiger partial charge in [0, 0.05) is 29.8 Å². The second-order valence-electron chi connectivity index (χ2n) is 6.80. The lowest BCUT2D eigenvalue weighted by Crippen LogP contribution is -2.53. The van der Waals surface area contributed by atoms with Crippen LogP contribution >= 0.6 is 0 Å². The Hall–Kier alpha value is -2.21. The Bertz CT molecular complexity index is 843. The summed E-state index contributed by atoms with van der Waals surface area (Å²) in [4.78, 5) is 27.0. The summed E-state index contributed by atoms with van der Waals surface area (Å²) in [5, 5.41) is 0.602. The average Bonchev–Trinajstić information content (AvgIpc) is 3.18. The first-order valence-corrected chi connectivity index (χ1v) is 8.66. The molecular formula is C19H20FNO4. The molecule has 25 heavy (non-hydrogen) atoms. The molecule has 6 heteroatoms. The van der Waals surface area contributed by atoms with Crippen molar-refractivity contribution < 1.29 is 23.1 Å². The lowest BCUT2D eigenvalue weighted by Gasteiger charge is -2.38. The highest BCUT2D eigenvalue weighted by Gasteiger charge is 2.40. The summed E-state index contributed by atoms with van der Waals surface area (Å²) >= 11 is 0. The minimum atomic E-state index is -0.365. The zero-order valence-electron chi connectivity index (χ0n) is 14.1. The number of hydrogen-bond acceptors (Lipinski definition) is 4. The van der Waals surface area contributed by atoms with E-state index in [1.54, 1.807) is 11.8 Å². The number of rotatable bonds is 2. The van der Waals surface area contributed by atoms with Gasteiger partial charge in [-0.05, 0) is 38.0 Å². The number of nitrogens with zero attached hydrogens (tertiary/aromatic N) is 1. The van der Waals surface area contributed by atoms with Gasteiger partial charge in [0.25, 0.3) is 5.91 Å². The molecule has 5 nitrogen and oxygen atoms in total. The van der Waals surface area contributed by atoms with Gasteiger partial charge in [-0.2, -0.15) is 0 Å². The van der Waals surface area contributed by atoms with Gasteiger partial charge in [-0.15, -0.1) is 0 Å². The van der Waals surface area contributed by atoms with E-state index in [0.717, 1.165) is 12.8 Å². The lowest BCUT2D eigenvalue weighted by atomic mass is 9.95. The number of hydrogen-bond donors (Lipinski definition) is 0. The molecule has 1 aliphatic heterocycles. The van der Waals surface area contributed by atoms with E-state index in [2.05, 4.69) is 0 Å². The number of ether oxygens (including phenoxy) is 1. The van der Waals surface area contributed by atoms with E-state index in [1.165, 1.54) is 18.2 Å². The Morgan fingerprint density at radius 2 is 2.20 bits per heavy atom. The molecule has 1 saturated heterocycles. The number of carbonyl (C=O) groups excluding carboxylic acids is 2. The van der Waals surface area contributed by atoms with Crippen molar-refractivity contribution in [2.24, 2.45) is 5.92 Å². The van der Waals surface area contributed by atoms with Crippen LogP contribution in [0.3, 0.4) is 0 Å². The van der Waals surface area contributed by atoms with Crippen LogP contribution < -0.4 is 0 Å². The van der Waals surface area contributed by atoms with Crippen LogP contribution in [0.25, 0.3) is 11.0 Å². The first kappa shape index (κ1) is 16.3. The Labute approximate surface area is 144 Å². The molecule has 1 amide bonds. The molecule has 1 aromatic heterocycles. The van der Waals surface area contributed by atoms with E-state index in [9.17, 15) is 14.0 Å². The smallest absolute Gasteiger partial charge is 0.290 e. The highest BCUT2D eigenvalue weighted by atomic mass is 19.1. The second-order valence-corrected chi connectivity index (χ2v) is 6.80. The first-order valence-electron chi connectivity index (χ1n) is 8.66. The summed E-state index contributed by atoms with van der Waals surface area (Å²) in [6.07, 6.45) is 2.23. The lowest BCUT2D eigenvalue weighted by molar-refractivity contribution is -0.124. The average molecular weight is 345 g/mol. The van der Waals surface area contributed by atoms with E-state index in [4.69, 9.17) is 9.15 Å². The third kappa shape index (κ3) is 2.74. The van der Waals surface area contributed by atoms with Crippen LogP contribution in [0.2, 0.25) is 0 Å². The summed E-state index contributed by atoms with van der Waals surface area (Å²) in [6.45, 7) is 3.00. The van der Waals surface area contributed by atoms with Gasteiger partial charge < -0.3 is 14.1 Å². The molecule has 2 unspecified atom stereocenters. The van der Waals surface area contributed by atoms with E-state index in [0.29, 0.717) is 42.7 Å². The van der Waals surface area contributed by atoms with Crippen molar-refractivity contribution in [1.29, 1.82) is 0 Å². The highest BCUT2D eigenvalue weighted by Crippen LogP contribution is 2.32. The standard InChI is InChI=1S/C19H20FNO4/c1-11-14-9-12(20)5-6-17(14)25-18(11)19(23)21-7-8-24-10-15(21)13-3-2-4-16(13)22/h5-6,9,13,15H,2-4,7-8,10H2,1H3. The minimum Gasteiger partial charge on any atom is -0.451 e. The van der Waals surface area contributed by atoms with Gasteiger partial charge in [-0.1, -0.05) is 0 Å². The minimum absolute atomic E-state index is 0.161. The zero-order chi connectivity index (χ0) is 17.6. The molecule has 1 saturated carbocycles. The topological polar surface area (TPSA) is 59.8 Å². The van der Waals surface area contributed by atoms with Gasteiger partial charge in [0.2, 0.25) is 0 Å². The van der Waals surface area contributed by atoms with Gasteiger partial charge in [-0.3, -0.25) is 9.59 Å². The van der Waals surface area contributed by atoms with Crippen molar-refractivity contribution in [2.75, 3.05) is 19.8 Å². The third-order valence-corrected chi connectivity index (χ3v) is 5.34. The summed E-state index contributed by atoms with van der Waals surface area (Å²) in [7, 11) is 0. The van der Waals surface area contributed by atoms with Crippen LogP contribution in [0, 0.1) is 18.7 Å². The number of carbonyl (C=O) groups is 2. The molecule has 2 aromatic rings. The van der Waals surface area contributed by atoms with Gasteiger partial charge >= 0.3 is 0 Å². The number of amides is 1.